The Kier molecular flexibility index (Phi) is 6.61. The SMILES string of the molecule is CCOC(=O)c1cocc1SCCNC(=O)OC(C)(C)C. The van der Waals surface area contributed by atoms with Crippen molar-refractivity contribution >= 4 is 23.8 Å². The zero-order valence-corrected chi connectivity index (χ0v) is 13.5. The molecule has 1 aromatic rings. The summed E-state index contributed by atoms with van der Waals surface area (Å²) in [5.41, 5.74) is -0.113. The maximum Gasteiger partial charge on any atom is 0.407 e. The zero-order valence-electron chi connectivity index (χ0n) is 12.7. The van der Waals surface area contributed by atoms with Crippen LogP contribution >= 0.6 is 11.8 Å². The van der Waals surface area contributed by atoms with Gasteiger partial charge in [0.05, 0.1) is 11.5 Å². The summed E-state index contributed by atoms with van der Waals surface area (Å²) in [6.07, 6.45) is 2.40. The second kappa shape index (κ2) is 7.97. The summed E-state index contributed by atoms with van der Waals surface area (Å²) in [6.45, 7) is 7.90. The number of alkyl carbamates (subject to hydrolysis) is 1. The molecule has 1 aromatic heterocycles. The van der Waals surface area contributed by atoms with Crippen molar-refractivity contribution in [2.24, 2.45) is 0 Å². The van der Waals surface area contributed by atoms with E-state index in [0.717, 1.165) is 0 Å². The number of rotatable bonds is 6. The first-order valence-electron chi connectivity index (χ1n) is 6.66. The first kappa shape index (κ1) is 17.4. The van der Waals surface area contributed by atoms with Crippen molar-refractivity contribution in [2.75, 3.05) is 18.9 Å². The number of amides is 1. The van der Waals surface area contributed by atoms with Gasteiger partial charge in [0.15, 0.2) is 0 Å². The Hall–Kier alpha value is -1.63. The number of hydrogen-bond acceptors (Lipinski definition) is 6. The summed E-state index contributed by atoms with van der Waals surface area (Å²) < 4.78 is 15.1. The number of nitrogens with one attached hydrogen (secondary N) is 1. The summed E-state index contributed by atoms with van der Waals surface area (Å²) in [5, 5.41) is 2.65. The summed E-state index contributed by atoms with van der Waals surface area (Å²) >= 11 is 1.40. The second-order valence-electron chi connectivity index (χ2n) is 5.15. The highest BCUT2D eigenvalue weighted by Gasteiger charge is 2.17. The number of carbonyl (C=O) groups excluding carboxylic acids is 2. The highest BCUT2D eigenvalue weighted by Crippen LogP contribution is 2.24. The van der Waals surface area contributed by atoms with Gasteiger partial charge in [-0.05, 0) is 27.7 Å². The normalized spacial score (nSPS) is 11.0. The van der Waals surface area contributed by atoms with E-state index in [4.69, 9.17) is 13.9 Å². The zero-order chi connectivity index (χ0) is 15.9. The van der Waals surface area contributed by atoms with Crippen LogP contribution in [0.2, 0.25) is 0 Å². The Balaban J connectivity index is 2.35. The molecule has 21 heavy (non-hydrogen) atoms. The molecule has 0 aliphatic carbocycles. The summed E-state index contributed by atoms with van der Waals surface area (Å²) in [5.74, 6) is 0.180. The molecule has 0 aliphatic heterocycles. The topological polar surface area (TPSA) is 77.8 Å². The molecule has 0 unspecified atom stereocenters. The van der Waals surface area contributed by atoms with Crippen LogP contribution in [0.5, 0.6) is 0 Å². The minimum Gasteiger partial charge on any atom is -0.470 e. The van der Waals surface area contributed by atoms with E-state index >= 15 is 0 Å². The molecule has 1 rings (SSSR count). The molecule has 1 N–H and O–H groups in total. The van der Waals surface area contributed by atoms with Gasteiger partial charge in [-0.3, -0.25) is 0 Å². The predicted molar refractivity (Wildman–Crippen MR) is 79.6 cm³/mol. The smallest absolute Gasteiger partial charge is 0.407 e. The third-order valence-corrected chi connectivity index (χ3v) is 3.19. The Labute approximate surface area is 128 Å². The van der Waals surface area contributed by atoms with Crippen LogP contribution in [0, 0.1) is 0 Å². The first-order valence-corrected chi connectivity index (χ1v) is 7.65. The summed E-state index contributed by atoms with van der Waals surface area (Å²) in [6, 6.07) is 0. The molecular weight excluding hydrogens is 294 g/mol. The average Bonchev–Trinajstić information content (AvgIpc) is 2.81. The molecule has 0 atom stereocenters. The van der Waals surface area contributed by atoms with E-state index in [1.165, 1.54) is 24.3 Å². The molecule has 0 aliphatic rings. The lowest BCUT2D eigenvalue weighted by Gasteiger charge is -2.19. The van der Waals surface area contributed by atoms with Crippen LogP contribution in [0.3, 0.4) is 0 Å². The lowest BCUT2D eigenvalue weighted by Crippen LogP contribution is -2.33. The fraction of sp³-hybridized carbons (Fsp3) is 0.571. The van der Waals surface area contributed by atoms with Crippen molar-refractivity contribution in [1.29, 1.82) is 0 Å². The molecule has 0 saturated carbocycles. The van der Waals surface area contributed by atoms with E-state index in [9.17, 15) is 9.59 Å². The number of furan rings is 1. The summed E-state index contributed by atoms with van der Waals surface area (Å²) in [7, 11) is 0. The van der Waals surface area contributed by atoms with Gasteiger partial charge in [-0.1, -0.05) is 0 Å². The quantitative estimate of drug-likeness (QED) is 0.494. The minimum atomic E-state index is -0.515. The fourth-order valence-corrected chi connectivity index (χ4v) is 2.22. The van der Waals surface area contributed by atoms with Gasteiger partial charge in [0, 0.05) is 12.3 Å². The van der Waals surface area contributed by atoms with E-state index in [1.54, 1.807) is 27.7 Å². The Bertz CT molecular complexity index is 478. The predicted octanol–water partition coefficient (Wildman–Crippen LogP) is 3.07. The fourth-order valence-electron chi connectivity index (χ4n) is 1.38. The number of esters is 1. The Morgan fingerprint density at radius 1 is 1.33 bits per heavy atom. The highest BCUT2D eigenvalue weighted by atomic mass is 32.2. The molecule has 7 heteroatoms. The van der Waals surface area contributed by atoms with Gasteiger partial charge in [-0.2, -0.15) is 0 Å². The largest absolute Gasteiger partial charge is 0.470 e. The lowest BCUT2D eigenvalue weighted by atomic mass is 10.2. The molecule has 6 nitrogen and oxygen atoms in total. The monoisotopic (exact) mass is 315 g/mol. The van der Waals surface area contributed by atoms with Crippen LogP contribution < -0.4 is 5.32 Å². The molecule has 0 fully saturated rings. The molecule has 1 amide bonds. The van der Waals surface area contributed by atoms with Gasteiger partial charge in [0.25, 0.3) is 0 Å². The van der Waals surface area contributed by atoms with Crippen molar-refractivity contribution in [3.63, 3.8) is 0 Å². The van der Waals surface area contributed by atoms with Crippen molar-refractivity contribution in [1.82, 2.24) is 5.32 Å². The minimum absolute atomic E-state index is 0.314. The number of ether oxygens (including phenoxy) is 2. The molecule has 0 spiro atoms. The molecule has 118 valence electrons. The van der Waals surface area contributed by atoms with E-state index in [1.807, 2.05) is 0 Å². The van der Waals surface area contributed by atoms with Crippen LogP contribution in [0.15, 0.2) is 21.8 Å². The third-order valence-electron chi connectivity index (χ3n) is 2.15. The van der Waals surface area contributed by atoms with Gasteiger partial charge in [-0.15, -0.1) is 11.8 Å². The van der Waals surface area contributed by atoms with Crippen LogP contribution in [-0.4, -0.2) is 36.6 Å². The second-order valence-corrected chi connectivity index (χ2v) is 6.28. The van der Waals surface area contributed by atoms with Crippen molar-refractivity contribution in [2.45, 2.75) is 38.2 Å². The van der Waals surface area contributed by atoms with Crippen molar-refractivity contribution in [3.8, 4) is 0 Å². The van der Waals surface area contributed by atoms with Crippen LogP contribution in [-0.2, 0) is 9.47 Å². The first-order chi connectivity index (χ1) is 9.83. The van der Waals surface area contributed by atoms with Crippen molar-refractivity contribution < 1.29 is 23.5 Å². The summed E-state index contributed by atoms with van der Waals surface area (Å²) in [4.78, 5) is 23.8. The maximum absolute atomic E-state index is 11.6. The van der Waals surface area contributed by atoms with E-state index in [2.05, 4.69) is 5.32 Å². The average molecular weight is 315 g/mol. The molecule has 0 saturated heterocycles. The lowest BCUT2D eigenvalue weighted by molar-refractivity contribution is 0.0514. The number of hydrogen-bond donors (Lipinski definition) is 1. The Morgan fingerprint density at radius 2 is 2.05 bits per heavy atom. The molecule has 0 bridgehead atoms. The van der Waals surface area contributed by atoms with Gasteiger partial charge in [0.2, 0.25) is 0 Å². The molecule has 0 aromatic carbocycles. The van der Waals surface area contributed by atoms with Crippen LogP contribution in [0.4, 0.5) is 4.79 Å². The standard InChI is InChI=1S/C14H21NO5S/c1-5-19-12(16)10-8-18-9-11(10)21-7-6-15-13(17)20-14(2,3)4/h8-9H,5-7H2,1-4H3,(H,15,17). The Morgan fingerprint density at radius 3 is 2.67 bits per heavy atom. The number of thioether (sulfide) groups is 1. The van der Waals surface area contributed by atoms with Crippen LogP contribution in [0.1, 0.15) is 38.1 Å². The van der Waals surface area contributed by atoms with E-state index in [-0.39, 0.29) is 0 Å². The van der Waals surface area contributed by atoms with E-state index < -0.39 is 17.7 Å². The van der Waals surface area contributed by atoms with Gasteiger partial charge in [-0.25, -0.2) is 9.59 Å². The van der Waals surface area contributed by atoms with Crippen LogP contribution in [0.25, 0.3) is 0 Å². The molecular formula is C14H21NO5S. The number of carbonyl (C=O) groups is 2. The van der Waals surface area contributed by atoms with Gasteiger partial charge in [0.1, 0.15) is 23.7 Å². The third kappa shape index (κ3) is 6.57. The maximum atomic E-state index is 11.6. The highest BCUT2D eigenvalue weighted by molar-refractivity contribution is 7.99. The van der Waals surface area contributed by atoms with Gasteiger partial charge < -0.3 is 19.2 Å². The van der Waals surface area contributed by atoms with E-state index in [0.29, 0.717) is 29.4 Å². The van der Waals surface area contributed by atoms with Crippen molar-refractivity contribution in [3.05, 3.63) is 18.1 Å². The van der Waals surface area contributed by atoms with Gasteiger partial charge >= 0.3 is 12.1 Å². The molecule has 1 heterocycles. The molecule has 0 radical (unpaired) electrons.